The van der Waals surface area contributed by atoms with Gasteiger partial charge in [-0.1, -0.05) is 45.1 Å². The molecule has 1 heterocycles. The van der Waals surface area contributed by atoms with Gasteiger partial charge in [0.05, 0.1) is 0 Å². The van der Waals surface area contributed by atoms with Gasteiger partial charge >= 0.3 is 0 Å². The van der Waals surface area contributed by atoms with Gasteiger partial charge in [0.1, 0.15) is 0 Å². The Balaban J connectivity index is 2.07. The molecule has 1 aromatic heterocycles. The van der Waals surface area contributed by atoms with E-state index in [0.717, 1.165) is 5.69 Å². The molecular formula is C14H23N. The maximum atomic E-state index is 4.31. The second-order valence-electron chi connectivity index (χ2n) is 4.33. The number of hydrogen-bond acceptors (Lipinski definition) is 1. The molecule has 0 saturated carbocycles. The fourth-order valence-corrected chi connectivity index (χ4v) is 1.76. The number of unbranched alkanes of at least 4 members (excludes halogenated alkanes) is 5. The Morgan fingerprint density at radius 2 is 1.73 bits per heavy atom. The summed E-state index contributed by atoms with van der Waals surface area (Å²) in [6.45, 7) is 4.30. The third-order valence-electron chi connectivity index (χ3n) is 2.79. The third kappa shape index (κ3) is 5.56. The molecule has 0 aliphatic rings. The van der Waals surface area contributed by atoms with Gasteiger partial charge in [-0.3, -0.25) is 4.98 Å². The number of aromatic nitrogens is 1. The molecule has 84 valence electrons. The third-order valence-corrected chi connectivity index (χ3v) is 2.79. The smallest absolute Gasteiger partial charge is 0.0372 e. The number of nitrogens with zero attached hydrogens (tertiary/aromatic N) is 1. The first kappa shape index (κ1) is 12.2. The van der Waals surface area contributed by atoms with Crippen molar-refractivity contribution in [2.75, 3.05) is 0 Å². The van der Waals surface area contributed by atoms with Crippen molar-refractivity contribution in [3.05, 3.63) is 29.6 Å². The van der Waals surface area contributed by atoms with Gasteiger partial charge in [-0.2, -0.15) is 0 Å². The molecule has 0 unspecified atom stereocenters. The molecule has 0 aliphatic carbocycles. The Labute approximate surface area is 93.9 Å². The van der Waals surface area contributed by atoms with E-state index in [1.165, 1.54) is 50.5 Å². The molecule has 1 heteroatoms. The van der Waals surface area contributed by atoms with Crippen LogP contribution in [0.15, 0.2) is 18.3 Å². The lowest BCUT2D eigenvalue weighted by atomic mass is 10.1. The molecule has 0 aromatic carbocycles. The van der Waals surface area contributed by atoms with E-state index in [9.17, 15) is 0 Å². The normalized spacial score (nSPS) is 10.5. The van der Waals surface area contributed by atoms with Crippen molar-refractivity contribution in [1.82, 2.24) is 4.98 Å². The Morgan fingerprint density at radius 3 is 2.40 bits per heavy atom. The van der Waals surface area contributed by atoms with Crippen LogP contribution in [0.5, 0.6) is 0 Å². The standard InChI is InChI=1S/C14H23N/c1-3-4-5-6-7-8-9-14-11-10-13(2)15-12-14/h10-12H,3-9H2,1-2H3. The van der Waals surface area contributed by atoms with E-state index >= 15 is 0 Å². The number of rotatable bonds is 7. The van der Waals surface area contributed by atoms with Gasteiger partial charge in [0, 0.05) is 11.9 Å². The maximum Gasteiger partial charge on any atom is 0.0372 e. The van der Waals surface area contributed by atoms with Crippen molar-refractivity contribution in [1.29, 1.82) is 0 Å². The minimum absolute atomic E-state index is 1.11. The fraction of sp³-hybridized carbons (Fsp3) is 0.643. The summed E-state index contributed by atoms with van der Waals surface area (Å²) in [7, 11) is 0. The molecular weight excluding hydrogens is 182 g/mol. The lowest BCUT2D eigenvalue weighted by Gasteiger charge is -2.01. The molecule has 0 amide bonds. The Bertz CT molecular complexity index is 251. The summed E-state index contributed by atoms with van der Waals surface area (Å²) >= 11 is 0. The summed E-state index contributed by atoms with van der Waals surface area (Å²) in [5.41, 5.74) is 2.50. The fourth-order valence-electron chi connectivity index (χ4n) is 1.76. The summed E-state index contributed by atoms with van der Waals surface area (Å²) in [5.74, 6) is 0. The zero-order chi connectivity index (χ0) is 10.9. The van der Waals surface area contributed by atoms with Crippen molar-refractivity contribution in [3.8, 4) is 0 Å². The van der Waals surface area contributed by atoms with Crippen LogP contribution in [0.2, 0.25) is 0 Å². The maximum absolute atomic E-state index is 4.31. The van der Waals surface area contributed by atoms with Crippen LogP contribution in [0.25, 0.3) is 0 Å². The summed E-state index contributed by atoms with van der Waals surface area (Å²) in [6.07, 6.45) is 11.4. The van der Waals surface area contributed by atoms with Crippen molar-refractivity contribution >= 4 is 0 Å². The van der Waals surface area contributed by atoms with E-state index < -0.39 is 0 Å². The second-order valence-corrected chi connectivity index (χ2v) is 4.33. The van der Waals surface area contributed by atoms with Gasteiger partial charge in [0.2, 0.25) is 0 Å². The van der Waals surface area contributed by atoms with E-state index in [0.29, 0.717) is 0 Å². The molecule has 0 atom stereocenters. The Kier molecular flexibility index (Phi) is 6.06. The Morgan fingerprint density at radius 1 is 1.00 bits per heavy atom. The van der Waals surface area contributed by atoms with Gasteiger partial charge in [-0.15, -0.1) is 0 Å². The van der Waals surface area contributed by atoms with Gasteiger partial charge in [-0.05, 0) is 31.4 Å². The average Bonchev–Trinajstić information content (AvgIpc) is 2.26. The highest BCUT2D eigenvalue weighted by Crippen LogP contribution is 2.09. The van der Waals surface area contributed by atoms with E-state index in [2.05, 4.69) is 24.0 Å². The predicted octanol–water partition coefficient (Wildman–Crippen LogP) is 4.29. The lowest BCUT2D eigenvalue weighted by molar-refractivity contribution is 0.607. The van der Waals surface area contributed by atoms with E-state index in [-0.39, 0.29) is 0 Å². The first-order chi connectivity index (χ1) is 7.33. The topological polar surface area (TPSA) is 12.9 Å². The number of aryl methyl sites for hydroxylation is 2. The van der Waals surface area contributed by atoms with Gasteiger partial charge in [-0.25, -0.2) is 0 Å². The van der Waals surface area contributed by atoms with Crippen molar-refractivity contribution < 1.29 is 0 Å². The van der Waals surface area contributed by atoms with E-state index in [1.807, 2.05) is 13.1 Å². The number of pyridine rings is 1. The summed E-state index contributed by atoms with van der Waals surface area (Å²) < 4.78 is 0. The van der Waals surface area contributed by atoms with Crippen molar-refractivity contribution in [2.24, 2.45) is 0 Å². The average molecular weight is 205 g/mol. The Hall–Kier alpha value is -0.850. The summed E-state index contributed by atoms with van der Waals surface area (Å²) in [5, 5.41) is 0. The molecule has 1 rings (SSSR count). The molecule has 0 fully saturated rings. The highest BCUT2D eigenvalue weighted by atomic mass is 14.6. The summed E-state index contributed by atoms with van der Waals surface area (Å²) in [6, 6.07) is 4.31. The zero-order valence-corrected chi connectivity index (χ0v) is 10.1. The van der Waals surface area contributed by atoms with Crippen LogP contribution in [-0.4, -0.2) is 4.98 Å². The van der Waals surface area contributed by atoms with Crippen molar-refractivity contribution in [3.63, 3.8) is 0 Å². The molecule has 0 N–H and O–H groups in total. The first-order valence-electron chi connectivity index (χ1n) is 6.24. The van der Waals surface area contributed by atoms with Crippen LogP contribution in [0.1, 0.15) is 56.7 Å². The second kappa shape index (κ2) is 7.44. The molecule has 1 aromatic rings. The monoisotopic (exact) mass is 205 g/mol. The zero-order valence-electron chi connectivity index (χ0n) is 10.1. The molecule has 0 radical (unpaired) electrons. The largest absolute Gasteiger partial charge is 0.261 e. The summed E-state index contributed by atoms with van der Waals surface area (Å²) in [4.78, 5) is 4.31. The van der Waals surface area contributed by atoms with Crippen LogP contribution < -0.4 is 0 Å². The molecule has 15 heavy (non-hydrogen) atoms. The highest BCUT2D eigenvalue weighted by molar-refractivity contribution is 5.12. The highest BCUT2D eigenvalue weighted by Gasteiger charge is 1.94. The van der Waals surface area contributed by atoms with Crippen molar-refractivity contribution in [2.45, 2.75) is 58.8 Å². The van der Waals surface area contributed by atoms with Crippen LogP contribution in [0.3, 0.4) is 0 Å². The first-order valence-corrected chi connectivity index (χ1v) is 6.24. The van der Waals surface area contributed by atoms with Gasteiger partial charge in [0.15, 0.2) is 0 Å². The van der Waals surface area contributed by atoms with E-state index in [1.54, 1.807) is 0 Å². The van der Waals surface area contributed by atoms with Crippen LogP contribution in [0.4, 0.5) is 0 Å². The molecule has 0 bridgehead atoms. The quantitative estimate of drug-likeness (QED) is 0.605. The minimum atomic E-state index is 1.11. The van der Waals surface area contributed by atoms with E-state index in [4.69, 9.17) is 0 Å². The predicted molar refractivity (Wildman–Crippen MR) is 66.1 cm³/mol. The van der Waals surface area contributed by atoms with Gasteiger partial charge in [0.25, 0.3) is 0 Å². The van der Waals surface area contributed by atoms with Crippen LogP contribution in [-0.2, 0) is 6.42 Å². The minimum Gasteiger partial charge on any atom is -0.261 e. The molecule has 0 aliphatic heterocycles. The van der Waals surface area contributed by atoms with Crippen LogP contribution >= 0.6 is 0 Å². The molecule has 1 nitrogen and oxygen atoms in total. The van der Waals surface area contributed by atoms with Crippen LogP contribution in [0, 0.1) is 6.92 Å². The number of hydrogen-bond donors (Lipinski definition) is 0. The SMILES string of the molecule is CCCCCCCCc1ccc(C)nc1. The van der Waals surface area contributed by atoms with Gasteiger partial charge < -0.3 is 0 Å². The molecule has 0 spiro atoms. The molecule has 0 saturated heterocycles. The lowest BCUT2D eigenvalue weighted by Crippen LogP contribution is -1.88.